The third kappa shape index (κ3) is 5.56. The van der Waals surface area contributed by atoms with Gasteiger partial charge < -0.3 is 19.5 Å². The van der Waals surface area contributed by atoms with E-state index in [-0.39, 0.29) is 18.3 Å². The van der Waals surface area contributed by atoms with Crippen LogP contribution in [-0.2, 0) is 11.3 Å². The average molecular weight is 453 g/mol. The molecule has 1 unspecified atom stereocenters. The second-order valence-electron chi connectivity index (χ2n) is 7.56. The summed E-state index contributed by atoms with van der Waals surface area (Å²) in [5, 5.41) is 6.88. The summed E-state index contributed by atoms with van der Waals surface area (Å²) in [4.78, 5) is 24.8. The second kappa shape index (κ2) is 10.3. The first-order valence-corrected chi connectivity index (χ1v) is 10.6. The van der Waals surface area contributed by atoms with Crippen LogP contribution in [0.1, 0.15) is 28.9 Å². The fourth-order valence-corrected chi connectivity index (χ4v) is 3.47. The zero-order chi connectivity index (χ0) is 23.2. The molecule has 1 aliphatic heterocycles. The molecule has 33 heavy (non-hydrogen) atoms. The molecule has 1 amide bonds. The number of nitrogens with zero attached hydrogens (tertiary/aromatic N) is 2. The number of carbonyl (C=O) groups is 1. The van der Waals surface area contributed by atoms with Crippen molar-refractivity contribution >= 4 is 5.91 Å². The van der Waals surface area contributed by atoms with Crippen LogP contribution < -0.4 is 20.3 Å². The third-order valence-electron chi connectivity index (χ3n) is 5.23. The summed E-state index contributed by atoms with van der Waals surface area (Å²) in [7, 11) is 1.55. The van der Waals surface area contributed by atoms with Gasteiger partial charge in [0.25, 0.3) is 11.5 Å². The van der Waals surface area contributed by atoms with Crippen molar-refractivity contribution in [2.75, 3.05) is 20.3 Å². The Morgan fingerprint density at radius 3 is 2.73 bits per heavy atom. The fourth-order valence-electron chi connectivity index (χ4n) is 3.47. The van der Waals surface area contributed by atoms with Gasteiger partial charge in [-0.25, -0.2) is 4.39 Å². The summed E-state index contributed by atoms with van der Waals surface area (Å²) in [5.74, 6) is 0.279. The van der Waals surface area contributed by atoms with Crippen molar-refractivity contribution in [1.29, 1.82) is 0 Å². The van der Waals surface area contributed by atoms with E-state index in [1.165, 1.54) is 36.4 Å². The van der Waals surface area contributed by atoms with Gasteiger partial charge in [0.1, 0.15) is 18.1 Å². The molecule has 1 saturated heterocycles. The summed E-state index contributed by atoms with van der Waals surface area (Å²) in [6, 6.07) is 13.3. The normalized spacial score (nSPS) is 15.3. The molecule has 8 nitrogen and oxygen atoms in total. The number of methoxy groups -OCH3 is 1. The Balaban J connectivity index is 1.41. The molecule has 1 aliphatic rings. The van der Waals surface area contributed by atoms with Crippen molar-refractivity contribution in [2.45, 2.75) is 25.5 Å². The van der Waals surface area contributed by atoms with E-state index < -0.39 is 17.3 Å². The van der Waals surface area contributed by atoms with E-state index in [1.807, 2.05) is 6.07 Å². The predicted molar refractivity (Wildman–Crippen MR) is 118 cm³/mol. The number of carbonyl (C=O) groups excluding carboxylic acids is 1. The van der Waals surface area contributed by atoms with Gasteiger partial charge in [0.15, 0.2) is 11.5 Å². The van der Waals surface area contributed by atoms with Crippen molar-refractivity contribution in [3.63, 3.8) is 0 Å². The Hall–Kier alpha value is -3.72. The van der Waals surface area contributed by atoms with Gasteiger partial charge in [-0.1, -0.05) is 6.07 Å². The third-order valence-corrected chi connectivity index (χ3v) is 5.23. The monoisotopic (exact) mass is 453 g/mol. The minimum Gasteiger partial charge on any atom is -0.493 e. The molecule has 1 aromatic heterocycles. The first kappa shape index (κ1) is 22.5. The lowest BCUT2D eigenvalue weighted by atomic mass is 10.2. The maximum Gasteiger partial charge on any atom is 0.272 e. The number of nitrogens with one attached hydrogen (secondary N) is 1. The summed E-state index contributed by atoms with van der Waals surface area (Å²) in [6.07, 6.45) is 2.12. The van der Waals surface area contributed by atoms with E-state index in [0.717, 1.165) is 29.7 Å². The Kier molecular flexibility index (Phi) is 6.99. The van der Waals surface area contributed by atoms with Crippen molar-refractivity contribution in [3.05, 3.63) is 82.0 Å². The van der Waals surface area contributed by atoms with E-state index in [1.54, 1.807) is 19.2 Å². The van der Waals surface area contributed by atoms with Crippen molar-refractivity contribution in [1.82, 2.24) is 15.1 Å². The largest absolute Gasteiger partial charge is 0.493 e. The maximum absolute atomic E-state index is 13.2. The van der Waals surface area contributed by atoms with Gasteiger partial charge in [-0.3, -0.25) is 9.59 Å². The molecule has 3 aromatic rings. The second-order valence-corrected chi connectivity index (χ2v) is 7.56. The van der Waals surface area contributed by atoms with Crippen molar-refractivity contribution in [3.8, 4) is 17.2 Å². The molecule has 0 aliphatic carbocycles. The molecule has 172 valence electrons. The van der Waals surface area contributed by atoms with Crippen LogP contribution in [0.2, 0.25) is 0 Å². The molecule has 0 saturated carbocycles. The standard InChI is InChI=1S/C24H24FN3O5/c1-31-22-13-16(4-10-21(22)33-15-19-3-2-12-32-19)14-26-24(30)20-9-11-23(29)28(27-20)18-7-5-17(25)6-8-18/h4-11,13,19H,2-3,12,14-15H2,1H3,(H,26,30). The van der Waals surface area contributed by atoms with E-state index in [4.69, 9.17) is 14.2 Å². The summed E-state index contributed by atoms with van der Waals surface area (Å²) >= 11 is 0. The zero-order valence-corrected chi connectivity index (χ0v) is 18.1. The quantitative estimate of drug-likeness (QED) is 0.564. The van der Waals surface area contributed by atoms with Gasteiger partial charge in [-0.15, -0.1) is 0 Å². The molecular formula is C24H24FN3O5. The zero-order valence-electron chi connectivity index (χ0n) is 18.1. The van der Waals surface area contributed by atoms with E-state index in [2.05, 4.69) is 10.4 Å². The average Bonchev–Trinajstić information content (AvgIpc) is 3.36. The van der Waals surface area contributed by atoms with Crippen LogP contribution >= 0.6 is 0 Å². The van der Waals surface area contributed by atoms with E-state index in [0.29, 0.717) is 23.8 Å². The molecule has 1 atom stereocenters. The molecule has 0 bridgehead atoms. The lowest BCUT2D eigenvalue weighted by molar-refractivity contribution is 0.0669. The predicted octanol–water partition coefficient (Wildman–Crippen LogP) is 2.87. The smallest absolute Gasteiger partial charge is 0.272 e. The summed E-state index contributed by atoms with van der Waals surface area (Å²) in [5.41, 5.74) is 0.791. The minimum absolute atomic E-state index is 0.0578. The van der Waals surface area contributed by atoms with E-state index in [9.17, 15) is 14.0 Å². The number of ether oxygens (including phenoxy) is 3. The Morgan fingerprint density at radius 2 is 2.00 bits per heavy atom. The van der Waals surface area contributed by atoms with Crippen LogP contribution in [-0.4, -0.2) is 42.1 Å². The molecule has 0 radical (unpaired) electrons. The number of rotatable bonds is 8. The highest BCUT2D eigenvalue weighted by molar-refractivity contribution is 5.92. The molecule has 2 heterocycles. The Morgan fingerprint density at radius 1 is 1.18 bits per heavy atom. The lowest BCUT2D eigenvalue weighted by Crippen LogP contribution is -2.28. The van der Waals surface area contributed by atoms with Crippen LogP contribution in [0.15, 0.2) is 59.4 Å². The Bertz CT molecular complexity index is 1170. The molecule has 1 N–H and O–H groups in total. The topological polar surface area (TPSA) is 91.7 Å². The van der Waals surface area contributed by atoms with Gasteiger partial charge in [0, 0.05) is 19.2 Å². The molecule has 1 fully saturated rings. The fraction of sp³-hybridized carbons (Fsp3) is 0.292. The number of aromatic nitrogens is 2. The van der Waals surface area contributed by atoms with Crippen molar-refractivity contribution < 1.29 is 23.4 Å². The molecule has 9 heteroatoms. The van der Waals surface area contributed by atoms with Gasteiger partial charge >= 0.3 is 0 Å². The molecule has 0 spiro atoms. The van der Waals surface area contributed by atoms with Crippen LogP contribution in [0.3, 0.4) is 0 Å². The van der Waals surface area contributed by atoms with Crippen LogP contribution in [0.4, 0.5) is 4.39 Å². The highest BCUT2D eigenvalue weighted by atomic mass is 19.1. The van der Waals surface area contributed by atoms with Crippen LogP contribution in [0, 0.1) is 5.82 Å². The van der Waals surface area contributed by atoms with Crippen molar-refractivity contribution in [2.24, 2.45) is 0 Å². The molecule has 2 aromatic carbocycles. The van der Waals surface area contributed by atoms with E-state index >= 15 is 0 Å². The van der Waals surface area contributed by atoms with Crippen LogP contribution in [0.25, 0.3) is 5.69 Å². The minimum atomic E-state index is -0.455. The number of hydrogen-bond acceptors (Lipinski definition) is 6. The SMILES string of the molecule is COc1cc(CNC(=O)c2ccc(=O)n(-c3ccc(F)cc3)n2)ccc1OCC1CCCO1. The number of hydrogen-bond donors (Lipinski definition) is 1. The Labute approximate surface area is 189 Å². The van der Waals surface area contributed by atoms with Gasteiger partial charge in [-0.2, -0.15) is 9.78 Å². The first-order chi connectivity index (χ1) is 16.0. The van der Waals surface area contributed by atoms with Gasteiger partial charge in [0.2, 0.25) is 0 Å². The number of amides is 1. The maximum atomic E-state index is 13.2. The molecular weight excluding hydrogens is 429 g/mol. The highest BCUT2D eigenvalue weighted by Crippen LogP contribution is 2.29. The lowest BCUT2D eigenvalue weighted by Gasteiger charge is -2.15. The van der Waals surface area contributed by atoms with Crippen LogP contribution in [0.5, 0.6) is 11.5 Å². The first-order valence-electron chi connectivity index (χ1n) is 10.6. The highest BCUT2D eigenvalue weighted by Gasteiger charge is 2.17. The number of benzene rings is 2. The number of halogens is 1. The summed E-state index contributed by atoms with van der Waals surface area (Å²) < 4.78 is 31.1. The van der Waals surface area contributed by atoms with Gasteiger partial charge in [-0.05, 0) is 60.9 Å². The summed E-state index contributed by atoms with van der Waals surface area (Å²) in [6.45, 7) is 1.44. The molecule has 4 rings (SSSR count). The van der Waals surface area contributed by atoms with Gasteiger partial charge in [0.05, 0.1) is 18.9 Å².